The zero-order valence-electron chi connectivity index (χ0n) is 14.2. The van der Waals surface area contributed by atoms with Gasteiger partial charge in [0, 0.05) is 52.1 Å². The highest BCUT2D eigenvalue weighted by molar-refractivity contribution is 4.72. The van der Waals surface area contributed by atoms with Crippen molar-refractivity contribution in [1.29, 1.82) is 0 Å². The Morgan fingerprint density at radius 2 is 0.714 bits per heavy atom. The van der Waals surface area contributed by atoms with E-state index in [0.717, 1.165) is 4.48 Å². The second kappa shape index (κ2) is 10.5. The number of quaternary nitrogens is 1. The lowest BCUT2D eigenvalue weighted by atomic mass is 9.92. The van der Waals surface area contributed by atoms with E-state index in [1.165, 1.54) is 0 Å². The zero-order valence-corrected chi connectivity index (χ0v) is 14.2. The molecule has 0 rings (SSSR count). The van der Waals surface area contributed by atoms with E-state index in [1.54, 1.807) is 0 Å². The first-order valence-corrected chi connectivity index (χ1v) is 8.24. The Bertz CT molecular complexity index is 209. The molecule has 5 heteroatoms. The van der Waals surface area contributed by atoms with Crippen LogP contribution < -0.4 is 0 Å². The zero-order chi connectivity index (χ0) is 16.5. The molecule has 5 nitrogen and oxygen atoms in total. The third-order valence-corrected chi connectivity index (χ3v) is 5.24. The quantitative estimate of drug-likeness (QED) is 0.404. The summed E-state index contributed by atoms with van der Waals surface area (Å²) in [4.78, 5) is 0. The molecule has 128 valence electrons. The summed E-state index contributed by atoms with van der Waals surface area (Å²) in [5.74, 6) is 0. The van der Waals surface area contributed by atoms with Crippen LogP contribution in [0, 0.1) is 0 Å². The van der Waals surface area contributed by atoms with Crippen LogP contribution in [0.4, 0.5) is 0 Å². The predicted octanol–water partition coefficient (Wildman–Crippen LogP) is 0.887. The Labute approximate surface area is 129 Å². The molecule has 0 amide bonds. The maximum Gasteiger partial charge on any atom is 0.0889 e. The van der Waals surface area contributed by atoms with Gasteiger partial charge in [0.25, 0.3) is 0 Å². The van der Waals surface area contributed by atoms with Gasteiger partial charge in [-0.3, -0.25) is 0 Å². The van der Waals surface area contributed by atoms with Gasteiger partial charge >= 0.3 is 0 Å². The Morgan fingerprint density at radius 3 is 0.857 bits per heavy atom. The van der Waals surface area contributed by atoms with Gasteiger partial charge in [-0.15, -0.1) is 0 Å². The third-order valence-electron chi connectivity index (χ3n) is 5.24. The van der Waals surface area contributed by atoms with Crippen molar-refractivity contribution in [2.24, 2.45) is 0 Å². The van der Waals surface area contributed by atoms with Gasteiger partial charge in [-0.1, -0.05) is 0 Å². The van der Waals surface area contributed by atoms with E-state index in [2.05, 4.69) is 27.7 Å². The molecule has 0 radical (unpaired) electrons. The number of hydrogen-bond donors (Lipinski definition) is 4. The largest absolute Gasteiger partial charge is 0.396 e. The highest BCUT2D eigenvalue weighted by Crippen LogP contribution is 2.34. The Hall–Kier alpha value is -0.200. The highest BCUT2D eigenvalue weighted by atomic mass is 16.3. The fourth-order valence-corrected chi connectivity index (χ4v) is 4.25. The minimum Gasteiger partial charge on any atom is -0.396 e. The normalized spacial score (nSPS) is 20.6. The smallest absolute Gasteiger partial charge is 0.0889 e. The van der Waals surface area contributed by atoms with Crippen molar-refractivity contribution in [2.45, 2.75) is 77.5 Å². The first-order valence-electron chi connectivity index (χ1n) is 8.24. The Balaban J connectivity index is 5.67. The maximum absolute atomic E-state index is 9.38. The highest BCUT2D eigenvalue weighted by Gasteiger charge is 2.46. The minimum atomic E-state index is 0.130. The molecule has 0 bridgehead atoms. The molecule has 0 aliphatic rings. The van der Waals surface area contributed by atoms with Gasteiger partial charge in [0.05, 0.1) is 24.2 Å². The molecule has 0 aromatic heterocycles. The van der Waals surface area contributed by atoms with E-state index in [1.807, 2.05) is 0 Å². The minimum absolute atomic E-state index is 0.130. The van der Waals surface area contributed by atoms with Gasteiger partial charge in [-0.05, 0) is 27.7 Å². The van der Waals surface area contributed by atoms with E-state index < -0.39 is 0 Å². The summed E-state index contributed by atoms with van der Waals surface area (Å²) in [6, 6.07) is 0.832. The summed E-state index contributed by atoms with van der Waals surface area (Å²) in [5.41, 5.74) is 0. The second-order valence-electron chi connectivity index (χ2n) is 6.34. The number of rotatable bonds is 12. The monoisotopic (exact) mass is 306 g/mol. The van der Waals surface area contributed by atoms with Crippen molar-refractivity contribution in [3.05, 3.63) is 0 Å². The predicted molar refractivity (Wildman–Crippen MR) is 84.9 cm³/mol. The number of aliphatic hydroxyl groups excluding tert-OH is 4. The van der Waals surface area contributed by atoms with Gasteiger partial charge < -0.3 is 24.9 Å². The molecular formula is C16H36NO4+. The van der Waals surface area contributed by atoms with Crippen LogP contribution in [0.15, 0.2) is 0 Å². The average Bonchev–Trinajstić information content (AvgIpc) is 2.40. The number of aliphatic hydroxyl groups is 4. The fraction of sp³-hybridized carbons (Fsp3) is 1.00. The van der Waals surface area contributed by atoms with Crippen molar-refractivity contribution in [3.8, 4) is 0 Å². The van der Waals surface area contributed by atoms with Crippen molar-refractivity contribution in [2.75, 3.05) is 26.4 Å². The third kappa shape index (κ3) is 4.89. The standard InChI is InChI=1S/C16H36NO4/c1-13(5-9-18)17(14(2)6-10-19,15(3)7-11-20)16(4)8-12-21/h13-16,18-21H,5-12H2,1-4H3/q+1. The van der Waals surface area contributed by atoms with Crippen LogP contribution in [0.2, 0.25) is 0 Å². The van der Waals surface area contributed by atoms with Gasteiger partial charge in [0.15, 0.2) is 0 Å². The van der Waals surface area contributed by atoms with Crippen LogP contribution in [0.3, 0.4) is 0 Å². The molecule has 0 spiro atoms. The van der Waals surface area contributed by atoms with E-state index in [0.29, 0.717) is 25.7 Å². The molecule has 0 aromatic rings. The molecular weight excluding hydrogens is 270 g/mol. The van der Waals surface area contributed by atoms with E-state index in [-0.39, 0.29) is 50.6 Å². The van der Waals surface area contributed by atoms with Gasteiger partial charge in [0.2, 0.25) is 0 Å². The van der Waals surface area contributed by atoms with Crippen LogP contribution in [0.25, 0.3) is 0 Å². The summed E-state index contributed by atoms with van der Waals surface area (Å²) in [7, 11) is 0. The van der Waals surface area contributed by atoms with Crippen LogP contribution in [-0.4, -0.2) is 75.5 Å². The molecule has 0 fully saturated rings. The first-order chi connectivity index (χ1) is 9.93. The van der Waals surface area contributed by atoms with E-state index in [9.17, 15) is 20.4 Å². The molecule has 0 aliphatic carbocycles. The van der Waals surface area contributed by atoms with Crippen molar-refractivity contribution in [1.82, 2.24) is 0 Å². The van der Waals surface area contributed by atoms with Crippen LogP contribution in [0.5, 0.6) is 0 Å². The lowest BCUT2D eigenvalue weighted by Crippen LogP contribution is -2.69. The van der Waals surface area contributed by atoms with Crippen molar-refractivity contribution < 1.29 is 24.9 Å². The van der Waals surface area contributed by atoms with Crippen molar-refractivity contribution in [3.63, 3.8) is 0 Å². The first kappa shape index (κ1) is 20.8. The van der Waals surface area contributed by atoms with Gasteiger partial charge in [0.1, 0.15) is 0 Å². The molecule has 0 aliphatic heterocycles. The van der Waals surface area contributed by atoms with Crippen LogP contribution in [0.1, 0.15) is 53.4 Å². The van der Waals surface area contributed by atoms with E-state index in [4.69, 9.17) is 0 Å². The molecule has 4 N–H and O–H groups in total. The molecule has 21 heavy (non-hydrogen) atoms. The number of hydrogen-bond acceptors (Lipinski definition) is 4. The maximum atomic E-state index is 9.38. The Morgan fingerprint density at radius 1 is 0.524 bits per heavy atom. The van der Waals surface area contributed by atoms with Crippen molar-refractivity contribution >= 4 is 0 Å². The summed E-state index contributed by atoms with van der Waals surface area (Å²) in [6.45, 7) is 9.04. The molecule has 4 unspecified atom stereocenters. The lowest BCUT2D eigenvalue weighted by molar-refractivity contribution is -1.01. The Kier molecular flexibility index (Phi) is 10.4. The topological polar surface area (TPSA) is 80.9 Å². The molecule has 0 saturated carbocycles. The van der Waals surface area contributed by atoms with E-state index >= 15 is 0 Å². The summed E-state index contributed by atoms with van der Waals surface area (Å²) >= 11 is 0. The number of nitrogens with zero attached hydrogens (tertiary/aromatic N) is 1. The summed E-state index contributed by atoms with van der Waals surface area (Å²) in [6.07, 6.45) is 2.73. The average molecular weight is 306 g/mol. The van der Waals surface area contributed by atoms with Crippen LogP contribution >= 0.6 is 0 Å². The summed E-state index contributed by atoms with van der Waals surface area (Å²) < 4.78 is 0.724. The van der Waals surface area contributed by atoms with Crippen LogP contribution in [-0.2, 0) is 0 Å². The molecule has 4 atom stereocenters. The molecule has 0 aromatic carbocycles. The SMILES string of the molecule is CC(CCO)[N+](C(C)CCO)(C(C)CCO)C(C)CCO. The molecule has 0 heterocycles. The lowest BCUT2D eigenvalue weighted by Gasteiger charge is -2.56. The van der Waals surface area contributed by atoms with Gasteiger partial charge in [-0.2, -0.15) is 0 Å². The van der Waals surface area contributed by atoms with Gasteiger partial charge in [-0.25, -0.2) is 0 Å². The molecule has 0 saturated heterocycles. The summed E-state index contributed by atoms with van der Waals surface area (Å²) in [5, 5.41) is 37.5. The fourth-order valence-electron chi connectivity index (χ4n) is 4.25. The second-order valence-corrected chi connectivity index (χ2v) is 6.34.